The SMILES string of the molecule is CCOC(=O)c1c(-c2cnn(C3CCN(C(=O)OC(C)(C)C)CC3)c2)noc1N. The third-order valence-corrected chi connectivity index (χ3v) is 4.56. The van der Waals surface area contributed by atoms with Crippen molar-refractivity contribution in [2.45, 2.75) is 52.2 Å². The number of nitrogens with zero attached hydrogens (tertiary/aromatic N) is 4. The highest BCUT2D eigenvalue weighted by Gasteiger charge is 2.29. The van der Waals surface area contributed by atoms with E-state index in [4.69, 9.17) is 19.7 Å². The van der Waals surface area contributed by atoms with Crippen molar-refractivity contribution in [3.8, 4) is 11.3 Å². The van der Waals surface area contributed by atoms with Gasteiger partial charge in [-0.1, -0.05) is 5.16 Å². The molecule has 0 aliphatic carbocycles. The maximum atomic E-state index is 12.2. The van der Waals surface area contributed by atoms with Crippen LogP contribution < -0.4 is 5.73 Å². The van der Waals surface area contributed by atoms with E-state index in [1.165, 1.54) is 0 Å². The van der Waals surface area contributed by atoms with Gasteiger partial charge < -0.3 is 24.6 Å². The van der Waals surface area contributed by atoms with Gasteiger partial charge in [-0.15, -0.1) is 0 Å². The summed E-state index contributed by atoms with van der Waals surface area (Å²) in [6.07, 6.45) is 4.60. The lowest BCUT2D eigenvalue weighted by Crippen LogP contribution is -2.42. The molecule has 0 saturated carbocycles. The first-order chi connectivity index (χ1) is 13.7. The number of ether oxygens (including phenoxy) is 2. The van der Waals surface area contributed by atoms with Crippen molar-refractivity contribution in [2.24, 2.45) is 0 Å². The van der Waals surface area contributed by atoms with E-state index in [2.05, 4.69) is 10.3 Å². The molecule has 2 aromatic rings. The number of nitrogens with two attached hydrogens (primary N) is 1. The lowest BCUT2D eigenvalue weighted by molar-refractivity contribution is 0.0184. The normalized spacial score (nSPS) is 15.4. The Balaban J connectivity index is 1.68. The molecule has 0 aromatic carbocycles. The highest BCUT2D eigenvalue weighted by atomic mass is 16.6. The summed E-state index contributed by atoms with van der Waals surface area (Å²) in [4.78, 5) is 26.1. The molecule has 1 aliphatic rings. The van der Waals surface area contributed by atoms with Gasteiger partial charge in [0.1, 0.15) is 11.3 Å². The summed E-state index contributed by atoms with van der Waals surface area (Å²) >= 11 is 0. The van der Waals surface area contributed by atoms with Crippen molar-refractivity contribution in [2.75, 3.05) is 25.4 Å². The number of rotatable bonds is 4. The number of nitrogen functional groups attached to an aromatic ring is 1. The Morgan fingerprint density at radius 2 is 2.00 bits per heavy atom. The van der Waals surface area contributed by atoms with Crippen LogP contribution >= 0.6 is 0 Å². The Bertz CT molecular complexity index is 874. The summed E-state index contributed by atoms with van der Waals surface area (Å²) < 4.78 is 17.3. The van der Waals surface area contributed by atoms with Gasteiger partial charge in [0.05, 0.1) is 18.8 Å². The Morgan fingerprint density at radius 3 is 2.62 bits per heavy atom. The lowest BCUT2D eigenvalue weighted by atomic mass is 10.1. The Morgan fingerprint density at radius 1 is 1.31 bits per heavy atom. The zero-order valence-electron chi connectivity index (χ0n) is 17.2. The second kappa shape index (κ2) is 8.14. The third-order valence-electron chi connectivity index (χ3n) is 4.56. The van der Waals surface area contributed by atoms with Crippen LogP contribution in [0, 0.1) is 0 Å². The molecular formula is C19H27N5O5. The Labute approximate surface area is 168 Å². The van der Waals surface area contributed by atoms with E-state index in [0.717, 1.165) is 12.8 Å². The van der Waals surface area contributed by atoms with Gasteiger partial charge in [-0.25, -0.2) is 9.59 Å². The molecule has 0 bridgehead atoms. The fourth-order valence-corrected chi connectivity index (χ4v) is 3.20. The fraction of sp³-hybridized carbons (Fsp3) is 0.579. The largest absolute Gasteiger partial charge is 0.462 e. The molecule has 1 amide bonds. The molecule has 0 unspecified atom stereocenters. The van der Waals surface area contributed by atoms with Gasteiger partial charge in [0.2, 0.25) is 5.88 Å². The molecule has 3 rings (SSSR count). The first kappa shape index (κ1) is 20.7. The molecule has 0 spiro atoms. The van der Waals surface area contributed by atoms with Gasteiger partial charge in [0.15, 0.2) is 5.56 Å². The maximum absolute atomic E-state index is 12.2. The Kier molecular flexibility index (Phi) is 5.81. The van der Waals surface area contributed by atoms with E-state index in [0.29, 0.717) is 24.3 Å². The fourth-order valence-electron chi connectivity index (χ4n) is 3.20. The van der Waals surface area contributed by atoms with Crippen molar-refractivity contribution < 1.29 is 23.6 Å². The monoisotopic (exact) mass is 405 g/mol. The van der Waals surface area contributed by atoms with Crippen LogP contribution in [-0.4, -0.2) is 57.2 Å². The zero-order chi connectivity index (χ0) is 21.2. The first-order valence-electron chi connectivity index (χ1n) is 9.64. The summed E-state index contributed by atoms with van der Waals surface area (Å²) in [5.41, 5.74) is 6.25. The number of hydrogen-bond donors (Lipinski definition) is 1. The van der Waals surface area contributed by atoms with Crippen molar-refractivity contribution >= 4 is 17.9 Å². The van der Waals surface area contributed by atoms with Gasteiger partial charge >= 0.3 is 12.1 Å². The standard InChI is InChI=1S/C19H27N5O5/c1-5-27-17(25)14-15(22-29-16(14)20)12-10-21-24(11-12)13-6-8-23(9-7-13)18(26)28-19(2,3)4/h10-11,13H,5-9,20H2,1-4H3. The highest BCUT2D eigenvalue weighted by molar-refractivity contribution is 6.00. The number of anilines is 1. The van der Waals surface area contributed by atoms with Crippen LogP contribution in [0.25, 0.3) is 11.3 Å². The molecule has 2 N–H and O–H groups in total. The minimum atomic E-state index is -0.584. The average molecular weight is 405 g/mol. The number of piperidine rings is 1. The van der Waals surface area contributed by atoms with Crippen molar-refractivity contribution in [1.29, 1.82) is 0 Å². The second-order valence-electron chi connectivity index (χ2n) is 7.90. The molecule has 1 fully saturated rings. The Hall–Kier alpha value is -3.04. The summed E-state index contributed by atoms with van der Waals surface area (Å²) in [6, 6.07) is 0.123. The van der Waals surface area contributed by atoms with E-state index < -0.39 is 11.6 Å². The van der Waals surface area contributed by atoms with Gasteiger partial charge in [0.25, 0.3) is 0 Å². The topological polar surface area (TPSA) is 126 Å². The van der Waals surface area contributed by atoms with Crippen molar-refractivity contribution in [3.05, 3.63) is 18.0 Å². The van der Waals surface area contributed by atoms with Crippen LogP contribution in [0.4, 0.5) is 10.7 Å². The predicted octanol–water partition coefficient (Wildman–Crippen LogP) is 2.87. The van der Waals surface area contributed by atoms with Gasteiger partial charge in [0, 0.05) is 24.8 Å². The van der Waals surface area contributed by atoms with Crippen LogP contribution in [-0.2, 0) is 9.47 Å². The van der Waals surface area contributed by atoms with Gasteiger partial charge in [-0.3, -0.25) is 4.68 Å². The van der Waals surface area contributed by atoms with Gasteiger partial charge in [-0.2, -0.15) is 5.10 Å². The number of carbonyl (C=O) groups is 2. The van der Waals surface area contributed by atoms with E-state index in [1.54, 1.807) is 24.2 Å². The molecular weight excluding hydrogens is 378 g/mol. The molecule has 1 saturated heterocycles. The quantitative estimate of drug-likeness (QED) is 0.770. The number of amides is 1. The van der Waals surface area contributed by atoms with Crippen LogP contribution in [0.3, 0.4) is 0 Å². The summed E-state index contributed by atoms with van der Waals surface area (Å²) in [6.45, 7) is 8.65. The molecule has 2 aromatic heterocycles. The number of likely N-dealkylation sites (tertiary alicyclic amines) is 1. The van der Waals surface area contributed by atoms with Crippen LogP contribution in [0.2, 0.25) is 0 Å². The second-order valence-corrected chi connectivity index (χ2v) is 7.90. The zero-order valence-corrected chi connectivity index (χ0v) is 17.2. The third kappa shape index (κ3) is 4.69. The molecule has 158 valence electrons. The minimum absolute atomic E-state index is 0.0862. The molecule has 3 heterocycles. The van der Waals surface area contributed by atoms with Crippen LogP contribution in [0.1, 0.15) is 56.9 Å². The minimum Gasteiger partial charge on any atom is -0.462 e. The maximum Gasteiger partial charge on any atom is 0.410 e. The van der Waals surface area contributed by atoms with E-state index in [1.807, 2.05) is 25.5 Å². The first-order valence-corrected chi connectivity index (χ1v) is 9.64. The summed E-state index contributed by atoms with van der Waals surface area (Å²) in [7, 11) is 0. The molecule has 10 heteroatoms. The average Bonchev–Trinajstić information content (AvgIpc) is 3.27. The smallest absolute Gasteiger partial charge is 0.410 e. The van der Waals surface area contributed by atoms with E-state index in [-0.39, 0.29) is 30.2 Å². The molecule has 29 heavy (non-hydrogen) atoms. The molecule has 0 atom stereocenters. The number of carbonyl (C=O) groups excluding carboxylic acids is 2. The van der Waals surface area contributed by atoms with Crippen LogP contribution in [0.15, 0.2) is 16.9 Å². The van der Waals surface area contributed by atoms with Gasteiger partial charge in [-0.05, 0) is 40.5 Å². The predicted molar refractivity (Wildman–Crippen MR) is 104 cm³/mol. The van der Waals surface area contributed by atoms with Crippen molar-refractivity contribution in [1.82, 2.24) is 19.8 Å². The number of hydrogen-bond acceptors (Lipinski definition) is 8. The molecule has 0 radical (unpaired) electrons. The molecule has 1 aliphatic heterocycles. The molecule has 10 nitrogen and oxygen atoms in total. The van der Waals surface area contributed by atoms with E-state index >= 15 is 0 Å². The van der Waals surface area contributed by atoms with E-state index in [9.17, 15) is 9.59 Å². The van der Waals surface area contributed by atoms with Crippen molar-refractivity contribution in [3.63, 3.8) is 0 Å². The highest BCUT2D eigenvalue weighted by Crippen LogP contribution is 2.30. The summed E-state index contributed by atoms with van der Waals surface area (Å²) in [5, 5.41) is 8.30. The number of aromatic nitrogens is 3. The lowest BCUT2D eigenvalue weighted by Gasteiger charge is -2.33. The number of esters is 1. The summed E-state index contributed by atoms with van der Waals surface area (Å²) in [5.74, 6) is -0.670. The van der Waals surface area contributed by atoms with Crippen LogP contribution in [0.5, 0.6) is 0 Å².